The number of hydrogen-bond acceptors (Lipinski definition) is 4. The molecule has 0 unspecified atom stereocenters. The van der Waals surface area contributed by atoms with Gasteiger partial charge in [0.2, 0.25) is 5.91 Å². The molecule has 1 aliphatic heterocycles. The normalized spacial score (nSPS) is 16.1. The van der Waals surface area contributed by atoms with E-state index in [9.17, 15) is 4.79 Å². The van der Waals surface area contributed by atoms with Gasteiger partial charge in [0.1, 0.15) is 11.4 Å². The standard InChI is InChI=1S/C20H21N3O2S/c24-20(22-17-8-11-25-18-6-2-1-5-16(17)18)9-12-26-14-15-13-23-10-4-3-7-19(23)21-15/h1-7,10,13,17H,8-9,11-12,14H2,(H,22,24)/t17-/m0/s1. The topological polar surface area (TPSA) is 55.6 Å². The third-order valence-electron chi connectivity index (χ3n) is 4.43. The average molecular weight is 367 g/mol. The highest BCUT2D eigenvalue weighted by atomic mass is 32.2. The molecule has 0 radical (unpaired) electrons. The molecule has 0 fully saturated rings. The molecule has 1 amide bonds. The van der Waals surface area contributed by atoms with Crippen molar-refractivity contribution in [1.29, 1.82) is 0 Å². The minimum atomic E-state index is 0.0517. The lowest BCUT2D eigenvalue weighted by atomic mass is 10.0. The SMILES string of the molecule is O=C(CCSCc1cn2ccccc2n1)N[C@H]1CCOc2ccccc21. The lowest BCUT2D eigenvalue weighted by molar-refractivity contribution is -0.121. The van der Waals surface area contributed by atoms with Crippen LogP contribution in [0.1, 0.15) is 30.1 Å². The van der Waals surface area contributed by atoms with Gasteiger partial charge in [-0.2, -0.15) is 11.8 Å². The van der Waals surface area contributed by atoms with Crippen molar-refractivity contribution in [3.8, 4) is 5.75 Å². The van der Waals surface area contributed by atoms with Crippen molar-refractivity contribution in [2.45, 2.75) is 24.6 Å². The Morgan fingerprint density at radius 2 is 2.15 bits per heavy atom. The van der Waals surface area contributed by atoms with E-state index >= 15 is 0 Å². The molecular weight excluding hydrogens is 346 g/mol. The van der Waals surface area contributed by atoms with Crippen molar-refractivity contribution < 1.29 is 9.53 Å². The molecule has 134 valence electrons. The molecule has 4 rings (SSSR count). The Labute approximate surface area is 156 Å². The summed E-state index contributed by atoms with van der Waals surface area (Å²) >= 11 is 1.74. The zero-order valence-corrected chi connectivity index (χ0v) is 15.2. The number of imidazole rings is 1. The summed E-state index contributed by atoms with van der Waals surface area (Å²) in [6.07, 6.45) is 5.37. The third-order valence-corrected chi connectivity index (χ3v) is 5.42. The maximum Gasteiger partial charge on any atom is 0.221 e. The van der Waals surface area contributed by atoms with E-state index in [1.807, 2.05) is 59.3 Å². The van der Waals surface area contributed by atoms with Gasteiger partial charge in [0.25, 0.3) is 0 Å². The van der Waals surface area contributed by atoms with Gasteiger partial charge >= 0.3 is 0 Å². The Bertz CT molecular complexity index is 876. The van der Waals surface area contributed by atoms with Crippen LogP contribution in [0.5, 0.6) is 5.75 Å². The molecule has 2 aromatic heterocycles. The molecule has 0 saturated heterocycles. The van der Waals surface area contributed by atoms with Crippen molar-refractivity contribution in [1.82, 2.24) is 14.7 Å². The van der Waals surface area contributed by atoms with Gasteiger partial charge in [-0.25, -0.2) is 4.98 Å². The summed E-state index contributed by atoms with van der Waals surface area (Å²) in [4.78, 5) is 16.9. The van der Waals surface area contributed by atoms with Crippen LogP contribution >= 0.6 is 11.8 Å². The molecule has 26 heavy (non-hydrogen) atoms. The average Bonchev–Trinajstić information content (AvgIpc) is 3.08. The van der Waals surface area contributed by atoms with Crippen LogP contribution in [0.3, 0.4) is 0 Å². The lowest BCUT2D eigenvalue weighted by Crippen LogP contribution is -2.32. The van der Waals surface area contributed by atoms with Crippen molar-refractivity contribution in [3.05, 3.63) is 66.1 Å². The van der Waals surface area contributed by atoms with Crippen molar-refractivity contribution >= 4 is 23.3 Å². The van der Waals surface area contributed by atoms with Crippen LogP contribution in [-0.2, 0) is 10.5 Å². The first-order valence-electron chi connectivity index (χ1n) is 8.81. The number of aromatic nitrogens is 2. The van der Waals surface area contributed by atoms with Crippen LogP contribution in [0.25, 0.3) is 5.65 Å². The summed E-state index contributed by atoms with van der Waals surface area (Å²) in [6, 6.07) is 13.9. The van der Waals surface area contributed by atoms with Gasteiger partial charge < -0.3 is 14.5 Å². The van der Waals surface area contributed by atoms with E-state index in [0.717, 1.165) is 40.6 Å². The molecule has 5 nitrogen and oxygen atoms in total. The Morgan fingerprint density at radius 1 is 1.27 bits per heavy atom. The van der Waals surface area contributed by atoms with Crippen LogP contribution in [-0.4, -0.2) is 27.7 Å². The molecule has 0 bridgehead atoms. The molecule has 1 N–H and O–H groups in total. The fourth-order valence-electron chi connectivity index (χ4n) is 3.16. The number of rotatable bonds is 6. The summed E-state index contributed by atoms with van der Waals surface area (Å²) < 4.78 is 7.66. The number of hydrogen-bond donors (Lipinski definition) is 1. The fourth-order valence-corrected chi connectivity index (χ4v) is 3.98. The maximum atomic E-state index is 12.3. The molecule has 0 aliphatic carbocycles. The number of carbonyl (C=O) groups excluding carboxylic acids is 1. The second-order valence-corrected chi connectivity index (χ2v) is 7.40. The van der Waals surface area contributed by atoms with Crippen molar-refractivity contribution in [3.63, 3.8) is 0 Å². The maximum absolute atomic E-state index is 12.3. The summed E-state index contributed by atoms with van der Waals surface area (Å²) in [5.74, 6) is 2.57. The smallest absolute Gasteiger partial charge is 0.221 e. The van der Waals surface area contributed by atoms with E-state index < -0.39 is 0 Å². The lowest BCUT2D eigenvalue weighted by Gasteiger charge is -2.26. The van der Waals surface area contributed by atoms with Gasteiger partial charge in [-0.15, -0.1) is 0 Å². The minimum Gasteiger partial charge on any atom is -0.493 e. The number of nitrogens with zero attached hydrogens (tertiary/aromatic N) is 2. The number of ether oxygens (including phenoxy) is 1. The van der Waals surface area contributed by atoms with E-state index in [-0.39, 0.29) is 11.9 Å². The predicted octanol–water partition coefficient (Wildman–Crippen LogP) is 3.60. The molecule has 1 aliphatic rings. The van der Waals surface area contributed by atoms with E-state index in [0.29, 0.717) is 13.0 Å². The molecule has 3 aromatic rings. The first-order chi connectivity index (χ1) is 12.8. The summed E-state index contributed by atoms with van der Waals surface area (Å²) in [6.45, 7) is 0.643. The molecule has 0 saturated carbocycles. The van der Waals surface area contributed by atoms with Crippen LogP contribution in [0.2, 0.25) is 0 Å². The summed E-state index contributed by atoms with van der Waals surface area (Å²) in [5.41, 5.74) is 3.07. The molecule has 6 heteroatoms. The van der Waals surface area contributed by atoms with E-state index in [1.165, 1.54) is 0 Å². The first kappa shape index (κ1) is 17.0. The Balaban J connectivity index is 1.24. The zero-order chi connectivity index (χ0) is 17.8. The zero-order valence-electron chi connectivity index (χ0n) is 14.4. The van der Waals surface area contributed by atoms with E-state index in [2.05, 4.69) is 10.3 Å². The molecule has 1 aromatic carbocycles. The number of nitrogens with one attached hydrogen (secondary N) is 1. The molecular formula is C20H21N3O2S. The van der Waals surface area contributed by atoms with Crippen LogP contribution in [0.4, 0.5) is 0 Å². The second-order valence-electron chi connectivity index (χ2n) is 6.30. The number of carbonyl (C=O) groups is 1. The molecule has 3 heterocycles. The van der Waals surface area contributed by atoms with Gasteiger partial charge in [-0.05, 0) is 18.2 Å². The quantitative estimate of drug-likeness (QED) is 0.677. The minimum absolute atomic E-state index is 0.0517. The first-order valence-corrected chi connectivity index (χ1v) is 9.96. The van der Waals surface area contributed by atoms with Gasteiger partial charge in [0.05, 0.1) is 18.3 Å². The Morgan fingerprint density at radius 3 is 3.08 bits per heavy atom. The Hall–Kier alpha value is -2.47. The third kappa shape index (κ3) is 3.85. The van der Waals surface area contributed by atoms with Crippen molar-refractivity contribution in [2.24, 2.45) is 0 Å². The number of benzene rings is 1. The monoisotopic (exact) mass is 367 g/mol. The predicted molar refractivity (Wildman–Crippen MR) is 103 cm³/mol. The Kier molecular flexibility index (Phi) is 5.11. The number of thioether (sulfide) groups is 1. The highest BCUT2D eigenvalue weighted by molar-refractivity contribution is 7.98. The number of pyridine rings is 1. The summed E-state index contributed by atoms with van der Waals surface area (Å²) in [7, 11) is 0. The highest BCUT2D eigenvalue weighted by Gasteiger charge is 2.22. The van der Waals surface area contributed by atoms with Crippen LogP contribution in [0.15, 0.2) is 54.9 Å². The van der Waals surface area contributed by atoms with Crippen molar-refractivity contribution in [2.75, 3.05) is 12.4 Å². The van der Waals surface area contributed by atoms with E-state index in [1.54, 1.807) is 11.8 Å². The number of para-hydroxylation sites is 1. The highest BCUT2D eigenvalue weighted by Crippen LogP contribution is 2.31. The van der Waals surface area contributed by atoms with Gasteiger partial charge in [0.15, 0.2) is 0 Å². The van der Waals surface area contributed by atoms with Crippen LogP contribution < -0.4 is 10.1 Å². The van der Waals surface area contributed by atoms with Gasteiger partial charge in [0, 0.05) is 42.3 Å². The summed E-state index contributed by atoms with van der Waals surface area (Å²) in [5, 5.41) is 3.14. The second kappa shape index (κ2) is 7.83. The van der Waals surface area contributed by atoms with E-state index in [4.69, 9.17) is 4.74 Å². The fraction of sp³-hybridized carbons (Fsp3) is 0.300. The number of amides is 1. The van der Waals surface area contributed by atoms with Crippen LogP contribution in [0, 0.1) is 0 Å². The van der Waals surface area contributed by atoms with Gasteiger partial charge in [-0.3, -0.25) is 4.79 Å². The number of fused-ring (bicyclic) bond motifs is 2. The largest absolute Gasteiger partial charge is 0.493 e. The van der Waals surface area contributed by atoms with Gasteiger partial charge in [-0.1, -0.05) is 24.3 Å². The molecule has 0 spiro atoms. The molecule has 1 atom stereocenters.